The maximum atomic E-state index is 11.9. The molecule has 26 heavy (non-hydrogen) atoms. The van der Waals surface area contributed by atoms with Crippen LogP contribution in [-0.2, 0) is 20.9 Å². The van der Waals surface area contributed by atoms with Gasteiger partial charge in [0.15, 0.2) is 0 Å². The van der Waals surface area contributed by atoms with Crippen LogP contribution < -0.4 is 5.32 Å². The quantitative estimate of drug-likeness (QED) is 0.752. The second-order valence-electron chi connectivity index (χ2n) is 5.36. The fraction of sp³-hybridized carbons (Fsp3) is 0.211. The summed E-state index contributed by atoms with van der Waals surface area (Å²) < 4.78 is 9.74. The third-order valence-corrected chi connectivity index (χ3v) is 3.75. The van der Waals surface area contributed by atoms with Gasteiger partial charge in [0.1, 0.15) is 6.61 Å². The Kier molecular flexibility index (Phi) is 7.17. The first-order valence-corrected chi connectivity index (χ1v) is 8.24. The van der Waals surface area contributed by atoms with E-state index in [9.17, 15) is 14.4 Å². The highest BCUT2D eigenvalue weighted by Gasteiger charge is 2.09. The first kappa shape index (κ1) is 19.5. The first-order valence-electron chi connectivity index (χ1n) is 7.86. The number of ether oxygens (including phenoxy) is 2. The molecular weight excluding hydrogens is 358 g/mol. The number of rotatable bonds is 7. The third kappa shape index (κ3) is 5.89. The predicted octanol–water partition coefficient (Wildman–Crippen LogP) is 2.99. The highest BCUT2D eigenvalue weighted by Crippen LogP contribution is 2.09. The maximum absolute atomic E-state index is 11.9. The standard InChI is InChI=1S/C19H18ClNO5/c1-25-19(24)15-4-2-13(3-5-15)12-26-17(22)10-11-21-18(23)14-6-8-16(20)9-7-14/h2-9H,10-12H2,1H3,(H,21,23). The maximum Gasteiger partial charge on any atom is 0.337 e. The van der Waals surface area contributed by atoms with Crippen LogP contribution in [0, 0.1) is 0 Å². The lowest BCUT2D eigenvalue weighted by Crippen LogP contribution is -2.26. The number of methoxy groups -OCH3 is 1. The first-order chi connectivity index (χ1) is 12.5. The van der Waals surface area contributed by atoms with Crippen LogP contribution in [0.15, 0.2) is 48.5 Å². The summed E-state index contributed by atoms with van der Waals surface area (Å²) in [5.41, 5.74) is 1.64. The van der Waals surface area contributed by atoms with Gasteiger partial charge in [-0.25, -0.2) is 4.79 Å². The fourth-order valence-corrected chi connectivity index (χ4v) is 2.20. The van der Waals surface area contributed by atoms with Crippen molar-refractivity contribution in [2.45, 2.75) is 13.0 Å². The van der Waals surface area contributed by atoms with Crippen molar-refractivity contribution in [1.29, 1.82) is 0 Å². The Labute approximate surface area is 156 Å². The normalized spacial score (nSPS) is 10.1. The van der Waals surface area contributed by atoms with Crippen molar-refractivity contribution in [2.24, 2.45) is 0 Å². The number of nitrogens with one attached hydrogen (secondary N) is 1. The van der Waals surface area contributed by atoms with Crippen molar-refractivity contribution in [3.8, 4) is 0 Å². The zero-order valence-electron chi connectivity index (χ0n) is 14.2. The molecule has 6 nitrogen and oxygen atoms in total. The molecule has 0 heterocycles. The number of halogens is 1. The summed E-state index contributed by atoms with van der Waals surface area (Å²) >= 11 is 5.76. The largest absolute Gasteiger partial charge is 0.465 e. The molecule has 0 atom stereocenters. The molecule has 0 aromatic heterocycles. The molecule has 0 bridgehead atoms. The Bertz CT molecular complexity index is 772. The van der Waals surface area contributed by atoms with Crippen LogP contribution in [0.2, 0.25) is 5.02 Å². The summed E-state index contributed by atoms with van der Waals surface area (Å²) in [5, 5.41) is 3.19. The number of hydrogen-bond donors (Lipinski definition) is 1. The molecule has 0 spiro atoms. The minimum absolute atomic E-state index is 0.0551. The summed E-state index contributed by atoms with van der Waals surface area (Å²) in [7, 11) is 1.31. The van der Waals surface area contributed by atoms with E-state index in [-0.39, 0.29) is 25.5 Å². The van der Waals surface area contributed by atoms with Gasteiger partial charge < -0.3 is 14.8 Å². The van der Waals surface area contributed by atoms with Crippen molar-refractivity contribution < 1.29 is 23.9 Å². The highest BCUT2D eigenvalue weighted by molar-refractivity contribution is 6.30. The molecule has 2 aromatic rings. The van der Waals surface area contributed by atoms with E-state index in [2.05, 4.69) is 10.1 Å². The molecule has 0 aliphatic heterocycles. The Morgan fingerprint density at radius 3 is 2.19 bits per heavy atom. The third-order valence-electron chi connectivity index (χ3n) is 3.50. The Hall–Kier alpha value is -2.86. The number of carbonyl (C=O) groups is 3. The van der Waals surface area contributed by atoms with E-state index in [1.165, 1.54) is 7.11 Å². The minimum Gasteiger partial charge on any atom is -0.465 e. The molecule has 0 aliphatic rings. The van der Waals surface area contributed by atoms with Crippen LogP contribution >= 0.6 is 11.6 Å². The van der Waals surface area contributed by atoms with Crippen molar-refractivity contribution in [2.75, 3.05) is 13.7 Å². The fourth-order valence-electron chi connectivity index (χ4n) is 2.07. The molecular formula is C19H18ClNO5. The van der Waals surface area contributed by atoms with Gasteiger partial charge in [-0.2, -0.15) is 0 Å². The SMILES string of the molecule is COC(=O)c1ccc(COC(=O)CCNC(=O)c2ccc(Cl)cc2)cc1. The number of amides is 1. The van der Waals surface area contributed by atoms with Gasteiger partial charge in [0.05, 0.1) is 19.1 Å². The van der Waals surface area contributed by atoms with E-state index in [1.807, 2.05) is 0 Å². The lowest BCUT2D eigenvalue weighted by molar-refractivity contribution is -0.144. The lowest BCUT2D eigenvalue weighted by atomic mass is 10.1. The Balaban J connectivity index is 1.71. The van der Waals surface area contributed by atoms with Gasteiger partial charge in [0.2, 0.25) is 0 Å². The van der Waals surface area contributed by atoms with Gasteiger partial charge >= 0.3 is 11.9 Å². The lowest BCUT2D eigenvalue weighted by Gasteiger charge is -2.07. The zero-order chi connectivity index (χ0) is 18.9. The van der Waals surface area contributed by atoms with Gasteiger partial charge in [-0.3, -0.25) is 9.59 Å². The molecule has 2 aromatic carbocycles. The van der Waals surface area contributed by atoms with Gasteiger partial charge in [-0.15, -0.1) is 0 Å². The van der Waals surface area contributed by atoms with Crippen LogP contribution in [0.1, 0.15) is 32.7 Å². The van der Waals surface area contributed by atoms with E-state index < -0.39 is 11.9 Å². The van der Waals surface area contributed by atoms with Crippen molar-refractivity contribution in [3.63, 3.8) is 0 Å². The molecule has 0 unspecified atom stereocenters. The van der Waals surface area contributed by atoms with E-state index in [1.54, 1.807) is 48.5 Å². The smallest absolute Gasteiger partial charge is 0.337 e. The van der Waals surface area contributed by atoms with Crippen molar-refractivity contribution in [3.05, 3.63) is 70.2 Å². The minimum atomic E-state index is -0.432. The average molecular weight is 376 g/mol. The number of benzene rings is 2. The van der Waals surface area contributed by atoms with E-state index >= 15 is 0 Å². The summed E-state index contributed by atoms with van der Waals surface area (Å²) in [4.78, 5) is 35.0. The number of hydrogen-bond acceptors (Lipinski definition) is 5. The van der Waals surface area contributed by atoms with Gasteiger partial charge in [0, 0.05) is 17.1 Å². The Morgan fingerprint density at radius 2 is 1.58 bits per heavy atom. The zero-order valence-corrected chi connectivity index (χ0v) is 14.9. The van der Waals surface area contributed by atoms with E-state index in [4.69, 9.17) is 16.3 Å². The van der Waals surface area contributed by atoms with Crippen LogP contribution in [-0.4, -0.2) is 31.5 Å². The van der Waals surface area contributed by atoms with Gasteiger partial charge in [-0.1, -0.05) is 23.7 Å². The molecule has 0 saturated carbocycles. The summed E-state index contributed by atoms with van der Waals surface area (Å²) in [6.45, 7) is 0.257. The molecule has 0 aliphatic carbocycles. The topological polar surface area (TPSA) is 81.7 Å². The average Bonchev–Trinajstić information content (AvgIpc) is 2.66. The van der Waals surface area contributed by atoms with Gasteiger partial charge in [0.25, 0.3) is 5.91 Å². The predicted molar refractivity (Wildman–Crippen MR) is 96.0 cm³/mol. The molecule has 2 rings (SSSR count). The second kappa shape index (κ2) is 9.58. The van der Waals surface area contributed by atoms with Crippen molar-refractivity contribution in [1.82, 2.24) is 5.32 Å². The van der Waals surface area contributed by atoms with E-state index in [0.29, 0.717) is 16.1 Å². The van der Waals surface area contributed by atoms with Crippen LogP contribution in [0.5, 0.6) is 0 Å². The van der Waals surface area contributed by atoms with Gasteiger partial charge in [-0.05, 0) is 42.0 Å². The molecule has 1 amide bonds. The number of esters is 2. The molecule has 136 valence electrons. The molecule has 1 N–H and O–H groups in total. The molecule has 0 fully saturated rings. The van der Waals surface area contributed by atoms with Crippen LogP contribution in [0.3, 0.4) is 0 Å². The van der Waals surface area contributed by atoms with Crippen LogP contribution in [0.25, 0.3) is 0 Å². The van der Waals surface area contributed by atoms with Crippen molar-refractivity contribution >= 4 is 29.4 Å². The summed E-state index contributed by atoms with van der Waals surface area (Å²) in [5.74, 6) is -1.14. The van der Waals surface area contributed by atoms with Crippen LogP contribution in [0.4, 0.5) is 0 Å². The van der Waals surface area contributed by atoms with E-state index in [0.717, 1.165) is 5.56 Å². The Morgan fingerprint density at radius 1 is 0.962 bits per heavy atom. The summed E-state index contributed by atoms with van der Waals surface area (Å²) in [6, 6.07) is 13.0. The summed E-state index contributed by atoms with van der Waals surface area (Å²) in [6.07, 6.45) is 0.0551. The highest BCUT2D eigenvalue weighted by atomic mass is 35.5. The number of carbonyl (C=O) groups excluding carboxylic acids is 3. The molecule has 7 heteroatoms. The molecule has 0 radical (unpaired) electrons. The monoisotopic (exact) mass is 375 g/mol. The molecule has 0 saturated heterocycles. The second-order valence-corrected chi connectivity index (χ2v) is 5.80.